The van der Waals surface area contributed by atoms with Gasteiger partial charge in [-0.1, -0.05) is 44.6 Å². The molecule has 1 atom stereocenters. The minimum Gasteiger partial charge on any atom is -0.371 e. The Morgan fingerprint density at radius 3 is 2.55 bits per heavy atom. The molecule has 0 spiro atoms. The lowest BCUT2D eigenvalue weighted by Crippen LogP contribution is -2.28. The largest absolute Gasteiger partial charge is 0.371 e. The van der Waals surface area contributed by atoms with Crippen LogP contribution in [0.5, 0.6) is 0 Å². The van der Waals surface area contributed by atoms with Gasteiger partial charge in [0.15, 0.2) is 0 Å². The normalized spacial score (nSPS) is 13.5. The van der Waals surface area contributed by atoms with Crippen LogP contribution in [0.1, 0.15) is 53.4 Å². The molecule has 1 unspecified atom stereocenters. The van der Waals surface area contributed by atoms with Gasteiger partial charge in [-0.3, -0.25) is 0 Å². The first-order valence-corrected chi connectivity index (χ1v) is 7.90. The van der Waals surface area contributed by atoms with E-state index in [1.165, 1.54) is 18.5 Å². The number of hydrogen-bond donors (Lipinski definition) is 0. The summed E-state index contributed by atoms with van der Waals surface area (Å²) in [4.78, 5) is 2.50. The third-order valence-corrected chi connectivity index (χ3v) is 3.25. The SMILES string of the molecule is C=CCCCN(CC(C)CCC)C(/C=C\C)=C/C(=C)C. The first-order chi connectivity index (χ1) is 9.54. The molecular formula is C19H33N. The minimum absolute atomic E-state index is 0.725. The second kappa shape index (κ2) is 11.6. The molecule has 1 nitrogen and oxygen atoms in total. The van der Waals surface area contributed by atoms with Crippen LogP contribution < -0.4 is 0 Å². The van der Waals surface area contributed by atoms with Crippen molar-refractivity contribution in [2.45, 2.75) is 53.4 Å². The molecule has 0 aromatic heterocycles. The van der Waals surface area contributed by atoms with Crippen molar-refractivity contribution >= 4 is 0 Å². The van der Waals surface area contributed by atoms with Gasteiger partial charge in [0.25, 0.3) is 0 Å². The highest BCUT2D eigenvalue weighted by Gasteiger charge is 2.11. The van der Waals surface area contributed by atoms with E-state index in [4.69, 9.17) is 0 Å². The maximum Gasteiger partial charge on any atom is 0.0365 e. The van der Waals surface area contributed by atoms with Gasteiger partial charge in [-0.2, -0.15) is 0 Å². The third kappa shape index (κ3) is 8.79. The monoisotopic (exact) mass is 275 g/mol. The van der Waals surface area contributed by atoms with E-state index in [2.05, 4.69) is 64.0 Å². The summed E-state index contributed by atoms with van der Waals surface area (Å²) < 4.78 is 0. The molecule has 1 heteroatoms. The predicted molar refractivity (Wildman–Crippen MR) is 92.8 cm³/mol. The zero-order valence-electron chi connectivity index (χ0n) is 14.0. The molecule has 0 bridgehead atoms. The number of unbranched alkanes of at least 4 members (excludes halogenated alkanes) is 1. The van der Waals surface area contributed by atoms with Crippen molar-refractivity contribution in [2.75, 3.05) is 13.1 Å². The molecule has 0 aromatic rings. The van der Waals surface area contributed by atoms with E-state index in [0.29, 0.717) is 0 Å². The number of allylic oxidation sites excluding steroid dienone is 5. The summed E-state index contributed by atoms with van der Waals surface area (Å²) in [5, 5.41) is 0. The van der Waals surface area contributed by atoms with Crippen LogP contribution in [0.25, 0.3) is 0 Å². The van der Waals surface area contributed by atoms with E-state index in [0.717, 1.165) is 37.4 Å². The van der Waals surface area contributed by atoms with Crippen molar-refractivity contribution in [3.63, 3.8) is 0 Å². The molecule has 0 fully saturated rings. The number of nitrogens with zero attached hydrogens (tertiary/aromatic N) is 1. The minimum atomic E-state index is 0.725. The summed E-state index contributed by atoms with van der Waals surface area (Å²) in [6.07, 6.45) is 13.3. The summed E-state index contributed by atoms with van der Waals surface area (Å²) >= 11 is 0. The lowest BCUT2D eigenvalue weighted by Gasteiger charge is -2.29. The Morgan fingerprint density at radius 1 is 1.35 bits per heavy atom. The zero-order chi connectivity index (χ0) is 15.4. The fraction of sp³-hybridized carbons (Fsp3) is 0.579. The molecule has 0 N–H and O–H groups in total. The molecule has 0 aliphatic carbocycles. The second-order valence-electron chi connectivity index (χ2n) is 5.69. The van der Waals surface area contributed by atoms with Crippen molar-refractivity contribution in [3.05, 3.63) is 48.7 Å². The van der Waals surface area contributed by atoms with Crippen LogP contribution in [0.15, 0.2) is 48.7 Å². The van der Waals surface area contributed by atoms with Gasteiger partial charge in [0.1, 0.15) is 0 Å². The fourth-order valence-corrected chi connectivity index (χ4v) is 2.38. The highest BCUT2D eigenvalue weighted by atomic mass is 15.1. The Balaban J connectivity index is 4.92. The zero-order valence-corrected chi connectivity index (χ0v) is 14.0. The Hall–Kier alpha value is -1.24. The molecule has 0 saturated carbocycles. The first kappa shape index (κ1) is 18.8. The van der Waals surface area contributed by atoms with Crippen molar-refractivity contribution in [2.24, 2.45) is 5.92 Å². The van der Waals surface area contributed by atoms with Gasteiger partial charge in [0, 0.05) is 18.8 Å². The Labute approximate surface area is 126 Å². The number of rotatable bonds is 11. The molecule has 0 aliphatic heterocycles. The molecule has 0 aliphatic rings. The third-order valence-electron chi connectivity index (χ3n) is 3.25. The predicted octanol–water partition coefficient (Wildman–Crippen LogP) is 5.73. The van der Waals surface area contributed by atoms with Gasteiger partial charge in [-0.15, -0.1) is 6.58 Å². The quantitative estimate of drug-likeness (QED) is 0.264. The van der Waals surface area contributed by atoms with Crippen LogP contribution >= 0.6 is 0 Å². The van der Waals surface area contributed by atoms with Crippen LogP contribution in [0, 0.1) is 5.92 Å². The van der Waals surface area contributed by atoms with E-state index in [-0.39, 0.29) is 0 Å². The molecule has 0 rings (SSSR count). The summed E-state index contributed by atoms with van der Waals surface area (Å²) in [6, 6.07) is 0. The van der Waals surface area contributed by atoms with Gasteiger partial charge >= 0.3 is 0 Å². The molecular weight excluding hydrogens is 242 g/mol. The van der Waals surface area contributed by atoms with Crippen LogP contribution in [-0.2, 0) is 0 Å². The van der Waals surface area contributed by atoms with E-state index < -0.39 is 0 Å². The van der Waals surface area contributed by atoms with Crippen molar-refractivity contribution in [1.29, 1.82) is 0 Å². The Kier molecular flexibility index (Phi) is 10.9. The molecule has 0 radical (unpaired) electrons. The second-order valence-corrected chi connectivity index (χ2v) is 5.69. The summed E-state index contributed by atoms with van der Waals surface area (Å²) in [5.41, 5.74) is 2.39. The Morgan fingerprint density at radius 2 is 2.05 bits per heavy atom. The van der Waals surface area contributed by atoms with Crippen molar-refractivity contribution < 1.29 is 0 Å². The van der Waals surface area contributed by atoms with Gasteiger partial charge in [-0.05, 0) is 51.2 Å². The van der Waals surface area contributed by atoms with Gasteiger partial charge < -0.3 is 4.90 Å². The maximum atomic E-state index is 4.02. The molecule has 0 saturated heterocycles. The standard InChI is InChI=1S/C19H33N/c1-7-10-11-14-20(16-18(6)12-8-2)19(13-9-3)15-17(4)5/h7,9,13,15,18H,1,4,8,10-12,14,16H2,2-3,5-6H3/b13-9-,19-15+. The highest BCUT2D eigenvalue weighted by molar-refractivity contribution is 5.26. The molecule has 114 valence electrons. The average Bonchev–Trinajstić information content (AvgIpc) is 2.37. The van der Waals surface area contributed by atoms with Crippen LogP contribution in [0.4, 0.5) is 0 Å². The van der Waals surface area contributed by atoms with Crippen LogP contribution in [0.2, 0.25) is 0 Å². The smallest absolute Gasteiger partial charge is 0.0365 e. The van der Waals surface area contributed by atoms with Gasteiger partial charge in [-0.25, -0.2) is 0 Å². The molecule has 0 heterocycles. The van der Waals surface area contributed by atoms with Gasteiger partial charge in [0.05, 0.1) is 0 Å². The lowest BCUT2D eigenvalue weighted by atomic mass is 10.0. The van der Waals surface area contributed by atoms with E-state index in [1.807, 2.05) is 6.08 Å². The topological polar surface area (TPSA) is 3.24 Å². The molecule has 0 aromatic carbocycles. The van der Waals surface area contributed by atoms with Crippen molar-refractivity contribution in [3.8, 4) is 0 Å². The van der Waals surface area contributed by atoms with Crippen LogP contribution in [-0.4, -0.2) is 18.0 Å². The fourth-order valence-electron chi connectivity index (χ4n) is 2.38. The summed E-state index contributed by atoms with van der Waals surface area (Å²) in [7, 11) is 0. The first-order valence-electron chi connectivity index (χ1n) is 7.90. The lowest BCUT2D eigenvalue weighted by molar-refractivity contribution is 0.290. The van der Waals surface area contributed by atoms with E-state index >= 15 is 0 Å². The average molecular weight is 275 g/mol. The van der Waals surface area contributed by atoms with E-state index in [9.17, 15) is 0 Å². The highest BCUT2D eigenvalue weighted by Crippen LogP contribution is 2.16. The van der Waals surface area contributed by atoms with Crippen LogP contribution in [0.3, 0.4) is 0 Å². The summed E-state index contributed by atoms with van der Waals surface area (Å²) in [6.45, 7) is 18.8. The van der Waals surface area contributed by atoms with E-state index in [1.54, 1.807) is 0 Å². The van der Waals surface area contributed by atoms with Gasteiger partial charge in [0.2, 0.25) is 0 Å². The molecule has 20 heavy (non-hydrogen) atoms. The number of hydrogen-bond acceptors (Lipinski definition) is 1. The Bertz CT molecular complexity index is 336. The molecule has 0 amide bonds. The van der Waals surface area contributed by atoms with Crippen molar-refractivity contribution in [1.82, 2.24) is 4.90 Å². The maximum absolute atomic E-state index is 4.02. The summed E-state index contributed by atoms with van der Waals surface area (Å²) in [5.74, 6) is 0.725.